The highest BCUT2D eigenvalue weighted by Crippen LogP contribution is 2.39. The zero-order valence-corrected chi connectivity index (χ0v) is 11.0. The molecule has 19 heavy (non-hydrogen) atoms. The fourth-order valence-corrected chi connectivity index (χ4v) is 3.03. The molecule has 1 N–H and O–H groups in total. The van der Waals surface area contributed by atoms with E-state index in [2.05, 4.69) is 5.32 Å². The zero-order valence-electron chi connectivity index (χ0n) is 10.2. The van der Waals surface area contributed by atoms with Gasteiger partial charge in [0.15, 0.2) is 0 Å². The largest absolute Gasteiger partial charge is 0.358 e. The molecule has 2 rings (SSSR count). The molecule has 1 aromatic rings. The number of benzene rings is 1. The number of likely N-dealkylation sites (N-methyl/N-ethyl adjacent to an activating group) is 1. The van der Waals surface area contributed by atoms with Gasteiger partial charge in [0.2, 0.25) is 11.8 Å². The molecule has 1 saturated heterocycles. The predicted octanol–water partition coefficient (Wildman–Crippen LogP) is 1.28. The Kier molecular flexibility index (Phi) is 4.04. The number of amides is 2. The van der Waals surface area contributed by atoms with Crippen molar-refractivity contribution in [1.82, 2.24) is 10.2 Å². The monoisotopic (exact) mass is 286 g/mol. The van der Waals surface area contributed by atoms with Gasteiger partial charge in [0.05, 0.1) is 5.75 Å². The maximum Gasteiger partial charge on any atom is 0.239 e. The van der Waals surface area contributed by atoms with Gasteiger partial charge in [0, 0.05) is 18.7 Å². The number of halogens is 2. The Morgan fingerprint density at radius 1 is 1.53 bits per heavy atom. The molecule has 0 radical (unpaired) electrons. The van der Waals surface area contributed by atoms with E-state index in [-0.39, 0.29) is 29.7 Å². The average molecular weight is 286 g/mol. The van der Waals surface area contributed by atoms with E-state index in [0.717, 1.165) is 12.1 Å². The predicted molar refractivity (Wildman–Crippen MR) is 67.3 cm³/mol. The van der Waals surface area contributed by atoms with Crippen LogP contribution in [0.15, 0.2) is 18.2 Å². The minimum atomic E-state index is -0.714. The van der Waals surface area contributed by atoms with Gasteiger partial charge in [-0.05, 0) is 6.07 Å². The van der Waals surface area contributed by atoms with Crippen molar-refractivity contribution in [3.05, 3.63) is 35.4 Å². The molecule has 0 aromatic heterocycles. The van der Waals surface area contributed by atoms with Crippen LogP contribution in [0.1, 0.15) is 10.9 Å². The van der Waals surface area contributed by atoms with Gasteiger partial charge in [-0.15, -0.1) is 11.8 Å². The number of nitrogens with zero attached hydrogens (tertiary/aromatic N) is 1. The summed E-state index contributed by atoms with van der Waals surface area (Å²) in [4.78, 5) is 24.4. The second-order valence-corrected chi connectivity index (χ2v) is 5.09. The Bertz CT molecular complexity index is 524. The number of hydrogen-bond donors (Lipinski definition) is 1. The highest BCUT2D eigenvalue weighted by atomic mass is 32.2. The SMILES string of the molecule is CNC(=O)CN1C(=O)CS[C@@H]1c1ccc(F)cc1F. The fraction of sp³-hybridized carbons (Fsp3) is 0.333. The molecule has 0 bridgehead atoms. The molecule has 0 spiro atoms. The summed E-state index contributed by atoms with van der Waals surface area (Å²) in [6.07, 6.45) is 0. The van der Waals surface area contributed by atoms with E-state index in [1.807, 2.05) is 0 Å². The molecule has 4 nitrogen and oxygen atoms in total. The lowest BCUT2D eigenvalue weighted by Crippen LogP contribution is -2.38. The summed E-state index contributed by atoms with van der Waals surface area (Å²) in [6, 6.07) is 3.22. The normalized spacial score (nSPS) is 18.8. The van der Waals surface area contributed by atoms with Crippen molar-refractivity contribution in [2.75, 3.05) is 19.3 Å². The van der Waals surface area contributed by atoms with Crippen molar-refractivity contribution >= 4 is 23.6 Å². The number of thioether (sulfide) groups is 1. The van der Waals surface area contributed by atoms with Crippen molar-refractivity contribution in [1.29, 1.82) is 0 Å². The van der Waals surface area contributed by atoms with Crippen LogP contribution in [0.2, 0.25) is 0 Å². The van der Waals surface area contributed by atoms with Crippen LogP contribution in [0, 0.1) is 11.6 Å². The topological polar surface area (TPSA) is 49.4 Å². The maximum absolute atomic E-state index is 13.7. The first-order valence-corrected chi connectivity index (χ1v) is 6.64. The van der Waals surface area contributed by atoms with E-state index in [9.17, 15) is 18.4 Å². The van der Waals surface area contributed by atoms with Crippen LogP contribution in [0.5, 0.6) is 0 Å². The van der Waals surface area contributed by atoms with Gasteiger partial charge in [-0.25, -0.2) is 8.78 Å². The molecule has 0 unspecified atom stereocenters. The average Bonchev–Trinajstić information content (AvgIpc) is 2.71. The Labute approximate surface area is 113 Å². The van der Waals surface area contributed by atoms with Gasteiger partial charge < -0.3 is 10.2 Å². The van der Waals surface area contributed by atoms with E-state index in [4.69, 9.17) is 0 Å². The molecule has 1 aromatic carbocycles. The first-order valence-electron chi connectivity index (χ1n) is 5.59. The Balaban J connectivity index is 2.27. The van der Waals surface area contributed by atoms with Crippen LogP contribution in [0.3, 0.4) is 0 Å². The summed E-state index contributed by atoms with van der Waals surface area (Å²) in [6.45, 7) is -0.135. The Morgan fingerprint density at radius 2 is 2.26 bits per heavy atom. The second kappa shape index (κ2) is 5.56. The molecule has 1 aliphatic rings. The number of carbonyl (C=O) groups is 2. The van der Waals surface area contributed by atoms with Crippen LogP contribution in [-0.4, -0.2) is 36.1 Å². The highest BCUT2D eigenvalue weighted by molar-refractivity contribution is 8.00. The zero-order chi connectivity index (χ0) is 14.0. The smallest absolute Gasteiger partial charge is 0.239 e. The standard InChI is InChI=1S/C12H12F2N2O2S/c1-15-10(17)5-16-11(18)6-19-12(16)8-3-2-7(13)4-9(8)14/h2-4,12H,5-6H2,1H3,(H,15,17)/t12-/m1/s1. The molecule has 7 heteroatoms. The van der Waals surface area contributed by atoms with Gasteiger partial charge in [-0.3, -0.25) is 9.59 Å². The molecular formula is C12H12F2N2O2S. The van der Waals surface area contributed by atoms with Crippen molar-refractivity contribution < 1.29 is 18.4 Å². The number of carbonyl (C=O) groups excluding carboxylic acids is 2. The van der Waals surface area contributed by atoms with E-state index >= 15 is 0 Å². The molecule has 0 aliphatic carbocycles. The minimum Gasteiger partial charge on any atom is -0.358 e. The van der Waals surface area contributed by atoms with Crippen molar-refractivity contribution in [3.63, 3.8) is 0 Å². The van der Waals surface area contributed by atoms with Crippen molar-refractivity contribution in [2.24, 2.45) is 0 Å². The Morgan fingerprint density at radius 3 is 2.89 bits per heavy atom. The van der Waals surface area contributed by atoms with Gasteiger partial charge in [0.25, 0.3) is 0 Å². The van der Waals surface area contributed by atoms with Crippen molar-refractivity contribution in [3.8, 4) is 0 Å². The summed E-state index contributed by atoms with van der Waals surface area (Å²) >= 11 is 1.22. The molecule has 102 valence electrons. The summed E-state index contributed by atoms with van der Waals surface area (Å²) in [5.41, 5.74) is 0.209. The van der Waals surface area contributed by atoms with E-state index in [1.165, 1.54) is 29.8 Å². The molecule has 1 fully saturated rings. The van der Waals surface area contributed by atoms with Gasteiger partial charge in [-0.1, -0.05) is 6.07 Å². The lowest BCUT2D eigenvalue weighted by molar-refractivity contribution is -0.133. The first-order chi connectivity index (χ1) is 9.02. The lowest BCUT2D eigenvalue weighted by Gasteiger charge is -2.23. The minimum absolute atomic E-state index is 0.135. The quantitative estimate of drug-likeness (QED) is 0.911. The van der Waals surface area contributed by atoms with Crippen LogP contribution in [-0.2, 0) is 9.59 Å². The lowest BCUT2D eigenvalue weighted by atomic mass is 10.2. The van der Waals surface area contributed by atoms with Crippen LogP contribution < -0.4 is 5.32 Å². The summed E-state index contributed by atoms with van der Waals surface area (Å²) in [5.74, 6) is -1.77. The molecule has 1 aliphatic heterocycles. The molecule has 1 atom stereocenters. The molecular weight excluding hydrogens is 274 g/mol. The third-order valence-electron chi connectivity index (χ3n) is 2.79. The van der Waals surface area contributed by atoms with E-state index in [1.54, 1.807) is 0 Å². The second-order valence-electron chi connectivity index (χ2n) is 4.02. The fourth-order valence-electron chi connectivity index (χ4n) is 1.82. The molecule has 2 amide bonds. The summed E-state index contributed by atoms with van der Waals surface area (Å²) < 4.78 is 26.6. The van der Waals surface area contributed by atoms with Crippen LogP contribution >= 0.6 is 11.8 Å². The first kappa shape index (κ1) is 13.8. The van der Waals surface area contributed by atoms with Gasteiger partial charge in [-0.2, -0.15) is 0 Å². The van der Waals surface area contributed by atoms with Gasteiger partial charge in [0.1, 0.15) is 23.6 Å². The summed E-state index contributed by atoms with van der Waals surface area (Å²) in [7, 11) is 1.46. The summed E-state index contributed by atoms with van der Waals surface area (Å²) in [5, 5.41) is 1.82. The molecule has 1 heterocycles. The van der Waals surface area contributed by atoms with E-state index < -0.39 is 17.0 Å². The van der Waals surface area contributed by atoms with Crippen LogP contribution in [0.25, 0.3) is 0 Å². The van der Waals surface area contributed by atoms with Crippen molar-refractivity contribution in [2.45, 2.75) is 5.37 Å². The number of rotatable bonds is 3. The maximum atomic E-state index is 13.7. The third kappa shape index (κ3) is 2.86. The highest BCUT2D eigenvalue weighted by Gasteiger charge is 2.35. The van der Waals surface area contributed by atoms with E-state index in [0.29, 0.717) is 0 Å². The molecule has 0 saturated carbocycles. The number of hydrogen-bond acceptors (Lipinski definition) is 3. The van der Waals surface area contributed by atoms with Crippen LogP contribution in [0.4, 0.5) is 8.78 Å². The number of nitrogens with one attached hydrogen (secondary N) is 1. The van der Waals surface area contributed by atoms with Gasteiger partial charge >= 0.3 is 0 Å². The third-order valence-corrected chi connectivity index (χ3v) is 4.03. The Hall–Kier alpha value is -1.63.